The molecule has 0 N–H and O–H groups in total. The van der Waals surface area contributed by atoms with Crippen molar-refractivity contribution in [3.05, 3.63) is 95.1 Å². The van der Waals surface area contributed by atoms with E-state index in [0.29, 0.717) is 5.56 Å². The van der Waals surface area contributed by atoms with Crippen LogP contribution in [0.15, 0.2) is 61.2 Å². The number of allylic oxidation sites excluding steroid dienone is 1. The molecule has 1 aliphatic rings. The summed E-state index contributed by atoms with van der Waals surface area (Å²) in [6.07, 6.45) is 3.39. The maximum absolute atomic E-state index is 15.2. The number of fused-ring (bicyclic) bond motifs is 3. The van der Waals surface area contributed by atoms with Crippen molar-refractivity contribution < 1.29 is 35.8 Å². The van der Waals surface area contributed by atoms with Crippen LogP contribution >= 0.6 is 0 Å². The lowest BCUT2D eigenvalue weighted by Gasteiger charge is -2.35. The van der Waals surface area contributed by atoms with Crippen molar-refractivity contribution in [2.24, 2.45) is 0 Å². The molecular formula is C27H22F6O2. The minimum Gasteiger partial charge on any atom is -0.491 e. The van der Waals surface area contributed by atoms with Crippen molar-refractivity contribution in [3.8, 4) is 22.6 Å². The van der Waals surface area contributed by atoms with Gasteiger partial charge in [0.05, 0.1) is 17.7 Å². The summed E-state index contributed by atoms with van der Waals surface area (Å²) in [5, 5.41) is 0. The monoisotopic (exact) mass is 492 g/mol. The second-order valence-corrected chi connectivity index (χ2v) is 8.11. The summed E-state index contributed by atoms with van der Waals surface area (Å²) in [5.41, 5.74) is -2.43. The van der Waals surface area contributed by atoms with Gasteiger partial charge in [0.1, 0.15) is 6.61 Å². The van der Waals surface area contributed by atoms with Gasteiger partial charge in [-0.05, 0) is 66.3 Å². The van der Waals surface area contributed by atoms with Crippen LogP contribution in [0.3, 0.4) is 0 Å². The molecule has 0 atom stereocenters. The molecule has 0 saturated carbocycles. The van der Waals surface area contributed by atoms with Crippen LogP contribution in [0.2, 0.25) is 0 Å². The average molecular weight is 492 g/mol. The Morgan fingerprint density at radius 1 is 0.743 bits per heavy atom. The smallest absolute Gasteiger partial charge is 0.343 e. The minimum atomic E-state index is -5.03. The third kappa shape index (κ3) is 4.15. The van der Waals surface area contributed by atoms with E-state index in [2.05, 4.69) is 6.58 Å². The second kappa shape index (κ2) is 9.32. The molecule has 0 unspecified atom stereocenters. The third-order valence-corrected chi connectivity index (χ3v) is 5.88. The molecule has 2 nitrogen and oxygen atoms in total. The van der Waals surface area contributed by atoms with E-state index in [1.165, 1.54) is 6.92 Å². The molecule has 0 aromatic heterocycles. The van der Waals surface area contributed by atoms with Crippen molar-refractivity contribution in [2.45, 2.75) is 38.2 Å². The largest absolute Gasteiger partial charge is 0.491 e. The van der Waals surface area contributed by atoms with Gasteiger partial charge >= 0.3 is 11.8 Å². The van der Waals surface area contributed by atoms with Crippen molar-refractivity contribution in [1.29, 1.82) is 0 Å². The van der Waals surface area contributed by atoms with Gasteiger partial charge in [-0.2, -0.15) is 17.6 Å². The van der Waals surface area contributed by atoms with E-state index in [9.17, 15) is 13.2 Å². The standard InChI is InChI=1S/C27H22F6O2/c1-3-5-6-16-7-9-17(10-8-16)15-35-21-14-12-19-18-11-13-20(34-4-2)24(28)22(18)26(30,31)27(32,33)23(19)25(21)29/h3,7-14H,1,4-6,15H2,2H3. The highest BCUT2D eigenvalue weighted by Crippen LogP contribution is 2.60. The maximum atomic E-state index is 15.2. The molecule has 35 heavy (non-hydrogen) atoms. The molecule has 0 saturated heterocycles. The Morgan fingerprint density at radius 2 is 1.23 bits per heavy atom. The number of benzene rings is 3. The van der Waals surface area contributed by atoms with Crippen LogP contribution in [0.25, 0.3) is 11.1 Å². The number of ether oxygens (including phenoxy) is 2. The zero-order chi connectivity index (χ0) is 25.4. The zero-order valence-electron chi connectivity index (χ0n) is 18.8. The quantitative estimate of drug-likeness (QED) is 0.235. The van der Waals surface area contributed by atoms with Crippen LogP contribution in [0, 0.1) is 11.6 Å². The molecule has 4 rings (SSSR count). The number of aryl methyl sites for hydroxylation is 1. The first-order valence-corrected chi connectivity index (χ1v) is 11.0. The fraction of sp³-hybridized carbons (Fsp3) is 0.259. The van der Waals surface area contributed by atoms with Gasteiger partial charge < -0.3 is 9.47 Å². The summed E-state index contributed by atoms with van der Waals surface area (Å²) in [5.74, 6) is -14.5. The van der Waals surface area contributed by atoms with E-state index >= 15 is 13.2 Å². The highest BCUT2D eigenvalue weighted by Gasteiger charge is 2.65. The Bertz CT molecular complexity index is 1250. The Kier molecular flexibility index (Phi) is 6.58. The van der Waals surface area contributed by atoms with Gasteiger partial charge in [-0.3, -0.25) is 0 Å². The van der Waals surface area contributed by atoms with Crippen molar-refractivity contribution in [2.75, 3.05) is 6.61 Å². The highest BCUT2D eigenvalue weighted by molar-refractivity contribution is 5.78. The normalized spacial score (nSPS) is 15.2. The van der Waals surface area contributed by atoms with Crippen LogP contribution < -0.4 is 9.47 Å². The molecule has 3 aromatic carbocycles. The van der Waals surface area contributed by atoms with Crippen molar-refractivity contribution in [1.82, 2.24) is 0 Å². The topological polar surface area (TPSA) is 18.5 Å². The van der Waals surface area contributed by atoms with Gasteiger partial charge in [0, 0.05) is 0 Å². The SMILES string of the molecule is C=CCCc1ccc(COc2ccc3c(c2F)C(F)(F)C(F)(F)c2c-3ccc(OCC)c2F)cc1. The molecule has 0 fully saturated rings. The predicted molar refractivity (Wildman–Crippen MR) is 120 cm³/mol. The van der Waals surface area contributed by atoms with E-state index in [1.807, 2.05) is 12.1 Å². The predicted octanol–water partition coefficient (Wildman–Crippen LogP) is 7.93. The number of halogens is 6. The molecule has 0 aliphatic heterocycles. The number of hydrogen-bond acceptors (Lipinski definition) is 2. The van der Waals surface area contributed by atoms with Crippen LogP contribution in [0.5, 0.6) is 11.5 Å². The molecule has 0 amide bonds. The number of hydrogen-bond donors (Lipinski definition) is 0. The van der Waals surface area contributed by atoms with E-state index < -0.39 is 57.2 Å². The van der Waals surface area contributed by atoms with Crippen LogP contribution in [0.4, 0.5) is 26.3 Å². The summed E-state index contributed by atoms with van der Waals surface area (Å²) < 4.78 is 100. The summed E-state index contributed by atoms with van der Waals surface area (Å²) in [4.78, 5) is 0. The fourth-order valence-electron chi connectivity index (χ4n) is 4.10. The summed E-state index contributed by atoms with van der Waals surface area (Å²) in [6.45, 7) is 4.94. The lowest BCUT2D eigenvalue weighted by molar-refractivity contribution is -0.228. The van der Waals surface area contributed by atoms with Crippen LogP contribution in [-0.2, 0) is 24.9 Å². The first-order valence-electron chi connectivity index (χ1n) is 11.0. The second-order valence-electron chi connectivity index (χ2n) is 8.11. The van der Waals surface area contributed by atoms with Crippen molar-refractivity contribution in [3.63, 3.8) is 0 Å². The molecule has 0 spiro atoms. The Labute approximate surface area is 198 Å². The summed E-state index contributed by atoms with van der Waals surface area (Å²) >= 11 is 0. The van der Waals surface area contributed by atoms with Gasteiger partial charge in [-0.15, -0.1) is 6.58 Å². The van der Waals surface area contributed by atoms with E-state index in [-0.39, 0.29) is 13.2 Å². The Hall–Kier alpha value is -3.42. The molecule has 1 aliphatic carbocycles. The first-order chi connectivity index (χ1) is 16.6. The Morgan fingerprint density at radius 3 is 1.71 bits per heavy atom. The lowest BCUT2D eigenvalue weighted by atomic mass is 9.79. The molecular weight excluding hydrogens is 470 g/mol. The molecule has 0 heterocycles. The van der Waals surface area contributed by atoms with Gasteiger partial charge in [0.15, 0.2) is 23.1 Å². The van der Waals surface area contributed by atoms with Crippen LogP contribution in [0.1, 0.15) is 35.6 Å². The molecule has 3 aromatic rings. The zero-order valence-corrected chi connectivity index (χ0v) is 18.8. The van der Waals surface area contributed by atoms with Gasteiger partial charge in [0.2, 0.25) is 0 Å². The van der Waals surface area contributed by atoms with Gasteiger partial charge in [-0.1, -0.05) is 30.3 Å². The molecule has 8 heteroatoms. The maximum Gasteiger partial charge on any atom is 0.343 e. The summed E-state index contributed by atoms with van der Waals surface area (Å²) in [7, 11) is 0. The van der Waals surface area contributed by atoms with E-state index in [0.717, 1.165) is 42.7 Å². The summed E-state index contributed by atoms with van der Waals surface area (Å²) in [6, 6.07) is 11.4. The van der Waals surface area contributed by atoms with Gasteiger partial charge in [0.25, 0.3) is 0 Å². The van der Waals surface area contributed by atoms with Crippen molar-refractivity contribution >= 4 is 0 Å². The minimum absolute atomic E-state index is 0.0544. The third-order valence-electron chi connectivity index (χ3n) is 5.88. The molecule has 184 valence electrons. The van der Waals surface area contributed by atoms with E-state index in [4.69, 9.17) is 9.47 Å². The first kappa shape index (κ1) is 24.7. The molecule has 0 bridgehead atoms. The Balaban J connectivity index is 1.71. The van der Waals surface area contributed by atoms with E-state index in [1.54, 1.807) is 18.2 Å². The molecule has 0 radical (unpaired) electrons. The number of rotatable bonds is 8. The van der Waals surface area contributed by atoms with Crippen LogP contribution in [-0.4, -0.2) is 6.61 Å². The number of alkyl halides is 4. The average Bonchev–Trinajstić information content (AvgIpc) is 2.82. The fourth-order valence-corrected chi connectivity index (χ4v) is 4.10. The van der Waals surface area contributed by atoms with Gasteiger partial charge in [-0.25, -0.2) is 8.78 Å². The lowest BCUT2D eigenvalue weighted by Crippen LogP contribution is -2.41. The highest BCUT2D eigenvalue weighted by atomic mass is 19.3.